The topological polar surface area (TPSA) is 54.6 Å². The Bertz CT molecular complexity index is 353. The summed E-state index contributed by atoms with van der Waals surface area (Å²) in [6.07, 6.45) is 2.01. The average Bonchev–Trinajstić information content (AvgIpc) is 2.76. The van der Waals surface area contributed by atoms with Crippen LogP contribution in [0.15, 0.2) is 16.5 Å². The highest BCUT2D eigenvalue weighted by molar-refractivity contribution is 5.12. The third-order valence-corrected chi connectivity index (χ3v) is 3.23. The summed E-state index contributed by atoms with van der Waals surface area (Å²) in [6, 6.07) is 4.14. The van der Waals surface area contributed by atoms with E-state index in [1.165, 1.54) is 0 Å². The van der Waals surface area contributed by atoms with Gasteiger partial charge in [0.15, 0.2) is 0 Å². The van der Waals surface area contributed by atoms with E-state index in [9.17, 15) is 5.11 Å². The van der Waals surface area contributed by atoms with Gasteiger partial charge in [0.2, 0.25) is 0 Å². The lowest BCUT2D eigenvalue weighted by molar-refractivity contribution is 0.0212. The van der Waals surface area contributed by atoms with Crippen molar-refractivity contribution in [3.05, 3.63) is 23.7 Å². The molecule has 0 saturated carbocycles. The molecule has 2 rings (SSSR count). The zero-order valence-corrected chi connectivity index (χ0v) is 10.5. The zero-order chi connectivity index (χ0) is 12.3. The maximum Gasteiger partial charge on any atom is 0.136 e. The van der Waals surface area contributed by atoms with Crippen LogP contribution in [0.2, 0.25) is 0 Å². The molecule has 4 nitrogen and oxygen atoms in total. The van der Waals surface area contributed by atoms with Crippen LogP contribution in [-0.4, -0.2) is 30.9 Å². The van der Waals surface area contributed by atoms with Crippen LogP contribution >= 0.6 is 0 Å². The maximum absolute atomic E-state index is 10.3. The van der Waals surface area contributed by atoms with Gasteiger partial charge in [-0.1, -0.05) is 0 Å². The Morgan fingerprint density at radius 1 is 1.41 bits per heavy atom. The van der Waals surface area contributed by atoms with Gasteiger partial charge < -0.3 is 19.6 Å². The summed E-state index contributed by atoms with van der Waals surface area (Å²) in [6.45, 7) is 5.77. The monoisotopic (exact) mass is 239 g/mol. The molecular formula is C13H21NO3. The van der Waals surface area contributed by atoms with E-state index in [4.69, 9.17) is 9.15 Å². The van der Waals surface area contributed by atoms with E-state index in [0.29, 0.717) is 18.3 Å². The van der Waals surface area contributed by atoms with Crippen molar-refractivity contribution in [1.82, 2.24) is 5.32 Å². The van der Waals surface area contributed by atoms with Crippen LogP contribution in [0.4, 0.5) is 0 Å². The number of hydrogen-bond donors (Lipinski definition) is 2. The Morgan fingerprint density at radius 2 is 2.12 bits per heavy atom. The summed E-state index contributed by atoms with van der Waals surface area (Å²) in [5, 5.41) is 13.7. The van der Waals surface area contributed by atoms with E-state index in [-0.39, 0.29) is 0 Å². The quantitative estimate of drug-likeness (QED) is 0.837. The average molecular weight is 239 g/mol. The number of ether oxygens (including phenoxy) is 1. The van der Waals surface area contributed by atoms with Crippen molar-refractivity contribution >= 4 is 0 Å². The third-order valence-electron chi connectivity index (χ3n) is 3.23. The second-order valence-electron chi connectivity index (χ2n) is 4.95. The lowest BCUT2D eigenvalue weighted by atomic mass is 10.0. The first kappa shape index (κ1) is 12.6. The van der Waals surface area contributed by atoms with E-state index >= 15 is 0 Å². The summed E-state index contributed by atoms with van der Waals surface area (Å²) in [7, 11) is 0. The Morgan fingerprint density at radius 3 is 2.71 bits per heavy atom. The molecule has 0 aliphatic carbocycles. The molecule has 0 aromatic carbocycles. The van der Waals surface area contributed by atoms with E-state index in [1.54, 1.807) is 6.92 Å². The van der Waals surface area contributed by atoms with Crippen molar-refractivity contribution in [2.24, 2.45) is 0 Å². The van der Waals surface area contributed by atoms with Gasteiger partial charge in [-0.3, -0.25) is 0 Å². The normalized spacial score (nSPS) is 21.4. The molecule has 0 bridgehead atoms. The first-order valence-electron chi connectivity index (χ1n) is 6.18. The summed E-state index contributed by atoms with van der Waals surface area (Å²) in [5.74, 6) is 1.45. The molecular weight excluding hydrogens is 218 g/mol. The molecule has 1 fully saturated rings. The lowest BCUT2D eigenvalue weighted by Crippen LogP contribution is -2.43. The van der Waals surface area contributed by atoms with Gasteiger partial charge in [-0.25, -0.2) is 0 Å². The molecule has 0 amide bonds. The molecule has 1 aliphatic rings. The second-order valence-corrected chi connectivity index (χ2v) is 4.95. The van der Waals surface area contributed by atoms with Crippen molar-refractivity contribution in [1.29, 1.82) is 0 Å². The van der Waals surface area contributed by atoms with Crippen LogP contribution in [0.25, 0.3) is 0 Å². The number of nitrogens with one attached hydrogen (secondary N) is 1. The van der Waals surface area contributed by atoms with Crippen LogP contribution in [0, 0.1) is 6.92 Å². The molecule has 1 saturated heterocycles. The first-order valence-corrected chi connectivity index (χ1v) is 6.18. The Hall–Kier alpha value is -0.840. The van der Waals surface area contributed by atoms with E-state index in [2.05, 4.69) is 5.32 Å². The van der Waals surface area contributed by atoms with Gasteiger partial charge in [-0.2, -0.15) is 0 Å². The second kappa shape index (κ2) is 5.21. The minimum Gasteiger partial charge on any atom is -0.463 e. The van der Waals surface area contributed by atoms with Gasteiger partial charge in [0, 0.05) is 25.8 Å². The number of aryl methyl sites for hydroxylation is 1. The molecule has 1 aromatic heterocycles. The largest absolute Gasteiger partial charge is 0.463 e. The molecule has 1 aromatic rings. The molecule has 0 spiro atoms. The SMILES string of the molecule is Cc1ccc(C(C)(O)CNC2CCOCC2)o1. The number of furan rings is 1. The van der Waals surface area contributed by atoms with Gasteiger partial charge in [0.05, 0.1) is 0 Å². The predicted molar refractivity (Wildman–Crippen MR) is 64.9 cm³/mol. The summed E-state index contributed by atoms with van der Waals surface area (Å²) in [4.78, 5) is 0. The van der Waals surface area contributed by atoms with Crippen LogP contribution in [-0.2, 0) is 10.3 Å². The summed E-state index contributed by atoms with van der Waals surface area (Å²) < 4.78 is 10.8. The van der Waals surface area contributed by atoms with E-state index in [0.717, 1.165) is 31.8 Å². The minimum atomic E-state index is -0.952. The fourth-order valence-corrected chi connectivity index (χ4v) is 2.06. The molecule has 1 aliphatic heterocycles. The van der Waals surface area contributed by atoms with Crippen LogP contribution < -0.4 is 5.32 Å². The molecule has 2 N–H and O–H groups in total. The third kappa shape index (κ3) is 3.31. The fourth-order valence-electron chi connectivity index (χ4n) is 2.06. The van der Waals surface area contributed by atoms with Crippen LogP contribution in [0.1, 0.15) is 31.3 Å². The van der Waals surface area contributed by atoms with Crippen molar-refractivity contribution < 1.29 is 14.3 Å². The van der Waals surface area contributed by atoms with Crippen LogP contribution in [0.5, 0.6) is 0 Å². The summed E-state index contributed by atoms with van der Waals surface area (Å²) >= 11 is 0. The molecule has 96 valence electrons. The standard InChI is InChI=1S/C13H21NO3/c1-10-3-4-12(17-10)13(2,15)9-14-11-5-7-16-8-6-11/h3-4,11,14-15H,5-9H2,1-2H3. The van der Waals surface area contributed by atoms with Gasteiger partial charge in [0.1, 0.15) is 17.1 Å². The zero-order valence-electron chi connectivity index (χ0n) is 10.5. The number of rotatable bonds is 4. The Balaban J connectivity index is 1.88. The van der Waals surface area contributed by atoms with Gasteiger partial charge in [-0.15, -0.1) is 0 Å². The van der Waals surface area contributed by atoms with E-state index < -0.39 is 5.60 Å². The molecule has 17 heavy (non-hydrogen) atoms. The maximum atomic E-state index is 10.3. The minimum absolute atomic E-state index is 0.436. The Labute approximate surface area is 102 Å². The summed E-state index contributed by atoms with van der Waals surface area (Å²) in [5.41, 5.74) is -0.952. The van der Waals surface area contributed by atoms with Gasteiger partial charge >= 0.3 is 0 Å². The number of aliphatic hydroxyl groups is 1. The highest BCUT2D eigenvalue weighted by atomic mass is 16.5. The molecule has 4 heteroatoms. The van der Waals surface area contributed by atoms with Crippen molar-refractivity contribution in [3.63, 3.8) is 0 Å². The van der Waals surface area contributed by atoms with Crippen molar-refractivity contribution in [2.75, 3.05) is 19.8 Å². The lowest BCUT2D eigenvalue weighted by Gasteiger charge is -2.28. The van der Waals surface area contributed by atoms with Gasteiger partial charge in [0.25, 0.3) is 0 Å². The van der Waals surface area contributed by atoms with Crippen LogP contribution in [0.3, 0.4) is 0 Å². The first-order chi connectivity index (χ1) is 8.08. The highest BCUT2D eigenvalue weighted by Crippen LogP contribution is 2.22. The highest BCUT2D eigenvalue weighted by Gasteiger charge is 2.28. The van der Waals surface area contributed by atoms with E-state index in [1.807, 2.05) is 19.1 Å². The number of hydrogen-bond acceptors (Lipinski definition) is 4. The Kier molecular flexibility index (Phi) is 3.86. The molecule has 2 heterocycles. The van der Waals surface area contributed by atoms with Crippen molar-refractivity contribution in [2.45, 2.75) is 38.3 Å². The predicted octanol–water partition coefficient (Wildman–Crippen LogP) is 1.56. The van der Waals surface area contributed by atoms with Gasteiger partial charge in [-0.05, 0) is 38.8 Å². The van der Waals surface area contributed by atoms with Crippen molar-refractivity contribution in [3.8, 4) is 0 Å². The fraction of sp³-hybridized carbons (Fsp3) is 0.692. The smallest absolute Gasteiger partial charge is 0.136 e. The molecule has 1 atom stereocenters. The molecule has 1 unspecified atom stereocenters. The molecule has 0 radical (unpaired) electrons.